The van der Waals surface area contributed by atoms with E-state index in [1.165, 1.54) is 0 Å². The van der Waals surface area contributed by atoms with E-state index in [4.69, 9.17) is 16.4 Å². The van der Waals surface area contributed by atoms with Crippen molar-refractivity contribution in [1.82, 2.24) is 4.90 Å². The van der Waals surface area contributed by atoms with Gasteiger partial charge >= 0.3 is 0 Å². The molecule has 1 atom stereocenters. The number of rotatable bonds is 6. The molecule has 1 amide bonds. The highest BCUT2D eigenvalue weighted by atomic mass is 35.5. The summed E-state index contributed by atoms with van der Waals surface area (Å²) in [6.07, 6.45) is 6.70. The third kappa shape index (κ3) is 3.99. The normalized spacial score (nSPS) is 20.5. The molecule has 24 heavy (non-hydrogen) atoms. The average molecular weight is 347 g/mol. The van der Waals surface area contributed by atoms with Crippen molar-refractivity contribution in [3.63, 3.8) is 0 Å². The van der Waals surface area contributed by atoms with Gasteiger partial charge in [0.05, 0.1) is 12.3 Å². The zero-order chi connectivity index (χ0) is 16.9. The molecule has 3 rings (SSSR count). The molecule has 1 fully saturated rings. The van der Waals surface area contributed by atoms with Crippen molar-refractivity contribution >= 4 is 23.2 Å². The monoisotopic (exact) mass is 346 g/mol. The summed E-state index contributed by atoms with van der Waals surface area (Å²) in [5, 5.41) is 4.90. The minimum absolute atomic E-state index is 0.0963. The number of nitrogens with zero attached hydrogens (tertiary/aromatic N) is 2. The van der Waals surface area contributed by atoms with Gasteiger partial charge in [0.2, 0.25) is 5.91 Å². The van der Waals surface area contributed by atoms with E-state index in [0.29, 0.717) is 24.5 Å². The van der Waals surface area contributed by atoms with Crippen LogP contribution in [0, 0.1) is 5.92 Å². The van der Waals surface area contributed by atoms with E-state index in [2.05, 4.69) is 11.7 Å². The zero-order valence-electron chi connectivity index (χ0n) is 13.8. The molecule has 1 heterocycles. The number of hydrogen-bond donors (Lipinski definition) is 0. The smallest absolute Gasteiger partial charge is 0.226 e. The van der Waals surface area contributed by atoms with Gasteiger partial charge in [-0.2, -0.15) is 0 Å². The zero-order valence-corrected chi connectivity index (χ0v) is 14.5. The van der Waals surface area contributed by atoms with Crippen LogP contribution in [0.4, 0.5) is 0 Å². The molecule has 2 aliphatic rings. The summed E-state index contributed by atoms with van der Waals surface area (Å²) < 4.78 is 0. The van der Waals surface area contributed by atoms with Crippen LogP contribution in [-0.4, -0.2) is 35.7 Å². The molecule has 1 aliphatic heterocycles. The highest BCUT2D eigenvalue weighted by molar-refractivity contribution is 6.30. The summed E-state index contributed by atoms with van der Waals surface area (Å²) in [5.74, 6) is 0.402. The van der Waals surface area contributed by atoms with Crippen LogP contribution < -0.4 is 0 Å². The van der Waals surface area contributed by atoms with E-state index in [9.17, 15) is 4.79 Å². The summed E-state index contributed by atoms with van der Waals surface area (Å²) in [6.45, 7) is 4.90. The van der Waals surface area contributed by atoms with Gasteiger partial charge in [0.15, 0.2) is 6.10 Å². The van der Waals surface area contributed by atoms with Gasteiger partial charge in [0, 0.05) is 23.9 Å². The van der Waals surface area contributed by atoms with Gasteiger partial charge < -0.3 is 9.74 Å². The van der Waals surface area contributed by atoms with Crippen molar-refractivity contribution in [2.24, 2.45) is 11.1 Å². The van der Waals surface area contributed by atoms with E-state index in [1.54, 1.807) is 6.08 Å². The molecule has 0 bridgehead atoms. The Balaban J connectivity index is 1.59. The summed E-state index contributed by atoms with van der Waals surface area (Å²) in [4.78, 5) is 20.1. The predicted octanol–water partition coefficient (Wildman–Crippen LogP) is 4.04. The predicted molar refractivity (Wildman–Crippen MR) is 96.2 cm³/mol. The molecule has 0 radical (unpaired) electrons. The standard InChI is InChI=1S/C19H23ClN2O2/c1-2-11-22(19(23)15-5-3-4-6-15)13-17-12-18(21-24-17)14-7-9-16(20)10-8-14/h2,7-10,15,17H,1,3-6,11-13H2. The highest BCUT2D eigenvalue weighted by Gasteiger charge is 2.30. The van der Waals surface area contributed by atoms with Gasteiger partial charge in [-0.05, 0) is 30.5 Å². The van der Waals surface area contributed by atoms with Gasteiger partial charge in [-0.3, -0.25) is 4.79 Å². The van der Waals surface area contributed by atoms with E-state index in [1.807, 2.05) is 29.2 Å². The molecule has 0 aromatic heterocycles. The number of benzene rings is 1. The first-order valence-electron chi connectivity index (χ1n) is 8.55. The number of carbonyl (C=O) groups is 1. The quantitative estimate of drug-likeness (QED) is 0.729. The molecule has 128 valence electrons. The topological polar surface area (TPSA) is 41.9 Å². The fourth-order valence-corrected chi connectivity index (χ4v) is 3.55. The third-order valence-corrected chi connectivity index (χ3v) is 4.95. The Hall–Kier alpha value is -1.81. The van der Waals surface area contributed by atoms with E-state index < -0.39 is 0 Å². The number of hydrogen-bond acceptors (Lipinski definition) is 3. The van der Waals surface area contributed by atoms with Crippen molar-refractivity contribution in [2.45, 2.75) is 38.2 Å². The lowest BCUT2D eigenvalue weighted by atomic mass is 10.0. The fourth-order valence-electron chi connectivity index (χ4n) is 3.43. The lowest BCUT2D eigenvalue weighted by Gasteiger charge is -2.26. The number of halogens is 1. The number of oxime groups is 1. The maximum atomic E-state index is 12.7. The van der Waals surface area contributed by atoms with E-state index >= 15 is 0 Å². The molecule has 1 aromatic rings. The lowest BCUT2D eigenvalue weighted by Crippen LogP contribution is -2.40. The Morgan fingerprint density at radius 3 is 2.71 bits per heavy atom. The summed E-state index contributed by atoms with van der Waals surface area (Å²) in [6, 6.07) is 7.58. The van der Waals surface area contributed by atoms with Crippen LogP contribution in [0.2, 0.25) is 5.02 Å². The lowest BCUT2D eigenvalue weighted by molar-refractivity contribution is -0.136. The maximum absolute atomic E-state index is 12.7. The average Bonchev–Trinajstić information content (AvgIpc) is 3.26. The molecule has 1 unspecified atom stereocenters. The first-order chi connectivity index (χ1) is 11.7. The van der Waals surface area contributed by atoms with Crippen molar-refractivity contribution < 1.29 is 9.63 Å². The van der Waals surface area contributed by atoms with E-state index in [-0.39, 0.29) is 17.9 Å². The van der Waals surface area contributed by atoms with Gasteiger partial charge in [-0.25, -0.2) is 0 Å². The molecular weight excluding hydrogens is 324 g/mol. The van der Waals surface area contributed by atoms with Crippen molar-refractivity contribution in [3.8, 4) is 0 Å². The van der Waals surface area contributed by atoms with E-state index in [0.717, 1.165) is 37.0 Å². The van der Waals surface area contributed by atoms with Crippen LogP contribution in [-0.2, 0) is 9.63 Å². The number of amides is 1. The first-order valence-corrected chi connectivity index (χ1v) is 8.93. The van der Waals surface area contributed by atoms with Crippen LogP contribution >= 0.6 is 11.6 Å². The minimum Gasteiger partial charge on any atom is -0.390 e. The Bertz CT molecular complexity index is 621. The van der Waals surface area contributed by atoms with Crippen molar-refractivity contribution in [1.29, 1.82) is 0 Å². The Morgan fingerprint density at radius 2 is 2.04 bits per heavy atom. The van der Waals surface area contributed by atoms with Gasteiger partial charge in [0.25, 0.3) is 0 Å². The molecule has 5 heteroatoms. The maximum Gasteiger partial charge on any atom is 0.226 e. The van der Waals surface area contributed by atoms with Crippen LogP contribution in [0.3, 0.4) is 0 Å². The molecule has 0 saturated heterocycles. The number of carbonyl (C=O) groups excluding carboxylic acids is 1. The third-order valence-electron chi connectivity index (χ3n) is 4.70. The van der Waals surface area contributed by atoms with Crippen LogP contribution in [0.25, 0.3) is 0 Å². The second-order valence-electron chi connectivity index (χ2n) is 6.49. The van der Waals surface area contributed by atoms with Crippen molar-refractivity contribution in [3.05, 3.63) is 47.5 Å². The SMILES string of the molecule is C=CCN(CC1CC(c2ccc(Cl)cc2)=NO1)C(=O)C1CCCC1. The molecule has 0 N–H and O–H groups in total. The second-order valence-corrected chi connectivity index (χ2v) is 6.93. The largest absolute Gasteiger partial charge is 0.390 e. The summed E-state index contributed by atoms with van der Waals surface area (Å²) in [7, 11) is 0. The summed E-state index contributed by atoms with van der Waals surface area (Å²) in [5.41, 5.74) is 1.92. The molecule has 1 saturated carbocycles. The van der Waals surface area contributed by atoms with Gasteiger partial charge in [0.1, 0.15) is 0 Å². The van der Waals surface area contributed by atoms with Crippen LogP contribution in [0.5, 0.6) is 0 Å². The first kappa shape index (κ1) is 17.0. The molecule has 1 aliphatic carbocycles. The van der Waals surface area contributed by atoms with Crippen LogP contribution in [0.1, 0.15) is 37.7 Å². The molecule has 4 nitrogen and oxygen atoms in total. The molecular formula is C19H23ClN2O2. The Kier molecular flexibility index (Phi) is 5.56. The highest BCUT2D eigenvalue weighted by Crippen LogP contribution is 2.27. The fraction of sp³-hybridized carbons (Fsp3) is 0.474. The van der Waals surface area contributed by atoms with Crippen LogP contribution in [0.15, 0.2) is 42.1 Å². The molecule has 0 spiro atoms. The second kappa shape index (κ2) is 7.84. The summed E-state index contributed by atoms with van der Waals surface area (Å²) >= 11 is 5.92. The van der Waals surface area contributed by atoms with Gasteiger partial charge in [-0.15, -0.1) is 6.58 Å². The van der Waals surface area contributed by atoms with Crippen molar-refractivity contribution in [2.75, 3.05) is 13.1 Å². The van der Waals surface area contributed by atoms with Gasteiger partial charge in [-0.1, -0.05) is 47.8 Å². The minimum atomic E-state index is -0.0963. The molecule has 1 aromatic carbocycles. The Labute approximate surface area is 148 Å². The Morgan fingerprint density at radius 1 is 1.33 bits per heavy atom.